The second kappa shape index (κ2) is 6.82. The number of rotatable bonds is 5. The summed E-state index contributed by atoms with van der Waals surface area (Å²) in [5.41, 5.74) is 2.31. The molecule has 0 atom stereocenters. The van der Waals surface area contributed by atoms with Crippen LogP contribution >= 0.6 is 0 Å². The summed E-state index contributed by atoms with van der Waals surface area (Å²) in [4.78, 5) is 18.3. The van der Waals surface area contributed by atoms with Gasteiger partial charge in [-0.15, -0.1) is 0 Å². The van der Waals surface area contributed by atoms with E-state index in [2.05, 4.69) is 4.98 Å². The molecule has 0 fully saturated rings. The van der Waals surface area contributed by atoms with Gasteiger partial charge in [-0.3, -0.25) is 9.78 Å². The van der Waals surface area contributed by atoms with Gasteiger partial charge in [0, 0.05) is 19.3 Å². The summed E-state index contributed by atoms with van der Waals surface area (Å²) in [6.45, 7) is 2.56. The lowest BCUT2D eigenvalue weighted by molar-refractivity contribution is 0.0701. The lowest BCUT2D eigenvalue weighted by atomic mass is 10.1. The first kappa shape index (κ1) is 14.2. The highest BCUT2D eigenvalue weighted by atomic mass is 16.3. The number of carbonyl (C=O) groups is 1. The van der Waals surface area contributed by atoms with Crippen molar-refractivity contribution >= 4 is 5.91 Å². The largest absolute Gasteiger partial charge is 0.395 e. The molecular weight excluding hydrogens is 252 g/mol. The number of amides is 1. The number of aryl methyl sites for hydroxylation is 1. The molecule has 20 heavy (non-hydrogen) atoms. The van der Waals surface area contributed by atoms with Gasteiger partial charge in [0.25, 0.3) is 5.91 Å². The van der Waals surface area contributed by atoms with Gasteiger partial charge in [0.05, 0.1) is 6.61 Å². The minimum absolute atomic E-state index is 0.0650. The van der Waals surface area contributed by atoms with Crippen molar-refractivity contribution < 1.29 is 9.90 Å². The Labute approximate surface area is 118 Å². The molecule has 2 aromatic rings. The van der Waals surface area contributed by atoms with Gasteiger partial charge in [-0.25, -0.2) is 0 Å². The van der Waals surface area contributed by atoms with Gasteiger partial charge in [-0.2, -0.15) is 0 Å². The second-order valence-electron chi connectivity index (χ2n) is 4.60. The molecule has 0 radical (unpaired) electrons. The maximum Gasteiger partial charge on any atom is 0.273 e. The summed E-state index contributed by atoms with van der Waals surface area (Å²) in [5, 5.41) is 9.17. The Kier molecular flexibility index (Phi) is 4.85. The fourth-order valence-corrected chi connectivity index (χ4v) is 2.04. The molecule has 0 spiro atoms. The third-order valence-electron chi connectivity index (χ3n) is 3.09. The van der Waals surface area contributed by atoms with E-state index in [1.807, 2.05) is 43.3 Å². The van der Waals surface area contributed by atoms with Crippen molar-refractivity contribution in [2.75, 3.05) is 13.2 Å². The number of aromatic nitrogens is 1. The topological polar surface area (TPSA) is 53.4 Å². The lowest BCUT2D eigenvalue weighted by Gasteiger charge is -2.22. The van der Waals surface area contributed by atoms with Gasteiger partial charge < -0.3 is 10.0 Å². The average Bonchev–Trinajstić information content (AvgIpc) is 2.48. The van der Waals surface area contributed by atoms with Gasteiger partial charge in [0.15, 0.2) is 0 Å². The van der Waals surface area contributed by atoms with Gasteiger partial charge in [0.2, 0.25) is 0 Å². The Balaban J connectivity index is 2.20. The number of carbonyl (C=O) groups excluding carboxylic acids is 1. The van der Waals surface area contributed by atoms with Crippen molar-refractivity contribution in [2.24, 2.45) is 0 Å². The van der Waals surface area contributed by atoms with Gasteiger partial charge >= 0.3 is 0 Å². The number of aliphatic hydroxyl groups excluding tert-OH is 1. The van der Waals surface area contributed by atoms with Crippen molar-refractivity contribution in [2.45, 2.75) is 13.5 Å². The minimum atomic E-state index is -0.152. The van der Waals surface area contributed by atoms with E-state index >= 15 is 0 Å². The molecule has 1 heterocycles. The predicted molar refractivity (Wildman–Crippen MR) is 77.2 cm³/mol. The van der Waals surface area contributed by atoms with Crippen LogP contribution in [0.3, 0.4) is 0 Å². The Morgan fingerprint density at radius 2 is 1.95 bits per heavy atom. The van der Waals surface area contributed by atoms with Gasteiger partial charge in [-0.05, 0) is 24.1 Å². The molecule has 104 valence electrons. The van der Waals surface area contributed by atoms with Crippen LogP contribution in [0.25, 0.3) is 0 Å². The normalized spacial score (nSPS) is 10.3. The average molecular weight is 270 g/mol. The Morgan fingerprint density at radius 1 is 1.20 bits per heavy atom. The quantitative estimate of drug-likeness (QED) is 0.904. The molecular formula is C16H18N2O2. The second-order valence-corrected chi connectivity index (χ2v) is 4.60. The summed E-state index contributed by atoms with van der Waals surface area (Å²) < 4.78 is 0. The highest BCUT2D eigenvalue weighted by Crippen LogP contribution is 2.11. The highest BCUT2D eigenvalue weighted by Gasteiger charge is 2.18. The predicted octanol–water partition coefficient (Wildman–Crippen LogP) is 2.02. The number of hydrogen-bond donors (Lipinski definition) is 1. The van der Waals surface area contributed by atoms with E-state index in [0.717, 1.165) is 11.1 Å². The van der Waals surface area contributed by atoms with E-state index in [1.165, 1.54) is 0 Å². The first-order valence-electron chi connectivity index (χ1n) is 6.58. The fraction of sp³-hybridized carbons (Fsp3) is 0.250. The molecule has 1 aromatic carbocycles. The molecule has 0 aliphatic rings. The number of hydrogen-bond acceptors (Lipinski definition) is 3. The fourth-order valence-electron chi connectivity index (χ4n) is 2.04. The Hall–Kier alpha value is -2.20. The summed E-state index contributed by atoms with van der Waals surface area (Å²) >= 11 is 0. The van der Waals surface area contributed by atoms with Crippen LogP contribution in [0.4, 0.5) is 0 Å². The number of benzene rings is 1. The number of nitrogens with zero attached hydrogens (tertiary/aromatic N) is 2. The van der Waals surface area contributed by atoms with Crippen molar-refractivity contribution in [3.8, 4) is 0 Å². The molecule has 2 rings (SSSR count). The Bertz CT molecular complexity index is 570. The van der Waals surface area contributed by atoms with Gasteiger partial charge in [0.1, 0.15) is 5.69 Å². The molecule has 1 aromatic heterocycles. The van der Waals surface area contributed by atoms with Crippen molar-refractivity contribution in [3.05, 3.63) is 65.5 Å². The Morgan fingerprint density at radius 3 is 2.60 bits per heavy atom. The molecule has 0 bridgehead atoms. The standard InChI is InChI=1S/C16H18N2O2/c1-13-6-5-9-17-15(13)16(20)18(10-11-19)12-14-7-3-2-4-8-14/h2-9,19H,10-12H2,1H3. The minimum Gasteiger partial charge on any atom is -0.395 e. The zero-order valence-electron chi connectivity index (χ0n) is 11.5. The van der Waals surface area contributed by atoms with Crippen LogP contribution in [-0.4, -0.2) is 34.0 Å². The molecule has 0 saturated carbocycles. The zero-order valence-corrected chi connectivity index (χ0v) is 11.5. The van der Waals surface area contributed by atoms with E-state index < -0.39 is 0 Å². The van der Waals surface area contributed by atoms with Crippen molar-refractivity contribution in [1.29, 1.82) is 0 Å². The summed E-state index contributed by atoms with van der Waals surface area (Å²) in [6.07, 6.45) is 1.61. The molecule has 0 saturated heterocycles. The third kappa shape index (κ3) is 3.42. The number of pyridine rings is 1. The zero-order chi connectivity index (χ0) is 14.4. The van der Waals surface area contributed by atoms with E-state index in [4.69, 9.17) is 5.11 Å². The summed E-state index contributed by atoms with van der Waals surface area (Å²) in [5.74, 6) is -0.152. The van der Waals surface area contributed by atoms with Crippen molar-refractivity contribution in [3.63, 3.8) is 0 Å². The van der Waals surface area contributed by atoms with Crippen LogP contribution in [0.1, 0.15) is 21.6 Å². The van der Waals surface area contributed by atoms with Crippen LogP contribution in [0.5, 0.6) is 0 Å². The maximum absolute atomic E-state index is 12.5. The van der Waals surface area contributed by atoms with Crippen LogP contribution < -0.4 is 0 Å². The SMILES string of the molecule is Cc1cccnc1C(=O)N(CCO)Cc1ccccc1. The van der Waals surface area contributed by atoms with E-state index in [1.54, 1.807) is 17.2 Å². The van der Waals surface area contributed by atoms with E-state index in [-0.39, 0.29) is 12.5 Å². The molecule has 4 heteroatoms. The first-order valence-corrected chi connectivity index (χ1v) is 6.58. The monoisotopic (exact) mass is 270 g/mol. The molecule has 1 amide bonds. The van der Waals surface area contributed by atoms with Crippen molar-refractivity contribution in [1.82, 2.24) is 9.88 Å². The molecule has 1 N–H and O–H groups in total. The third-order valence-corrected chi connectivity index (χ3v) is 3.09. The summed E-state index contributed by atoms with van der Waals surface area (Å²) in [7, 11) is 0. The van der Waals surface area contributed by atoms with E-state index in [0.29, 0.717) is 18.8 Å². The molecule has 0 aliphatic heterocycles. The molecule has 0 aliphatic carbocycles. The van der Waals surface area contributed by atoms with Crippen LogP contribution in [-0.2, 0) is 6.54 Å². The smallest absolute Gasteiger partial charge is 0.273 e. The maximum atomic E-state index is 12.5. The van der Waals surface area contributed by atoms with Crippen LogP contribution in [0, 0.1) is 6.92 Å². The summed E-state index contributed by atoms with van der Waals surface area (Å²) in [6, 6.07) is 13.4. The highest BCUT2D eigenvalue weighted by molar-refractivity contribution is 5.93. The molecule has 0 unspecified atom stereocenters. The van der Waals surface area contributed by atoms with Gasteiger partial charge in [-0.1, -0.05) is 36.4 Å². The van der Waals surface area contributed by atoms with Crippen LogP contribution in [0.2, 0.25) is 0 Å². The lowest BCUT2D eigenvalue weighted by Crippen LogP contribution is -2.34. The number of aliphatic hydroxyl groups is 1. The molecule has 4 nitrogen and oxygen atoms in total. The van der Waals surface area contributed by atoms with E-state index in [9.17, 15) is 4.79 Å². The van der Waals surface area contributed by atoms with Crippen LogP contribution in [0.15, 0.2) is 48.7 Å². The first-order chi connectivity index (χ1) is 9.72.